The van der Waals surface area contributed by atoms with Crippen LogP contribution in [0, 0.1) is 17.8 Å². The zero-order valence-electron chi connectivity index (χ0n) is 21.3. The van der Waals surface area contributed by atoms with E-state index < -0.39 is 36.1 Å². The molecule has 1 aliphatic heterocycles. The zero-order valence-corrected chi connectivity index (χ0v) is 21.3. The molecule has 0 aromatic rings. The van der Waals surface area contributed by atoms with Gasteiger partial charge in [-0.2, -0.15) is 0 Å². The average Bonchev–Trinajstić information content (AvgIpc) is 3.19. The molecule has 0 radical (unpaired) electrons. The Morgan fingerprint density at radius 1 is 1.20 bits per heavy atom. The standard InChI is InChI=1S/C25H43F2N3O5/c1-4-5-6-21(17-7-10-25(26,27)11-8-17)35-24(34)30-20(13-16(2)3)23(33)29-19(15-31)14-18-9-12-28-22(18)32/h16-21,31H,4-15H2,1-3H3,(H,28,32)(H,29,33)(H,30,34)/t18-,19-,20-,21?/m0/s1. The van der Waals surface area contributed by atoms with Gasteiger partial charge in [-0.3, -0.25) is 9.59 Å². The first-order valence-corrected chi connectivity index (χ1v) is 13.1. The van der Waals surface area contributed by atoms with Crippen molar-refractivity contribution < 1.29 is 33.0 Å². The van der Waals surface area contributed by atoms with Gasteiger partial charge >= 0.3 is 6.09 Å². The fourth-order valence-electron chi connectivity index (χ4n) is 4.94. The average molecular weight is 504 g/mol. The van der Waals surface area contributed by atoms with Gasteiger partial charge in [0.05, 0.1) is 12.6 Å². The summed E-state index contributed by atoms with van der Waals surface area (Å²) in [7, 11) is 0. The van der Waals surface area contributed by atoms with Crippen LogP contribution in [0.15, 0.2) is 0 Å². The fourth-order valence-corrected chi connectivity index (χ4v) is 4.94. The van der Waals surface area contributed by atoms with Crippen LogP contribution in [0.25, 0.3) is 0 Å². The van der Waals surface area contributed by atoms with E-state index >= 15 is 0 Å². The molecule has 2 fully saturated rings. The summed E-state index contributed by atoms with van der Waals surface area (Å²) in [5, 5.41) is 17.9. The number of amides is 3. The lowest BCUT2D eigenvalue weighted by molar-refractivity contribution is -0.126. The number of ether oxygens (including phenoxy) is 1. The summed E-state index contributed by atoms with van der Waals surface area (Å²) in [6.45, 7) is 6.12. The van der Waals surface area contributed by atoms with Crippen molar-refractivity contribution in [3.05, 3.63) is 0 Å². The number of unbranched alkanes of at least 4 members (excludes halogenated alkanes) is 1. The van der Waals surface area contributed by atoms with Crippen LogP contribution in [0.4, 0.5) is 13.6 Å². The maximum absolute atomic E-state index is 13.6. The summed E-state index contributed by atoms with van der Waals surface area (Å²) in [6, 6.07) is -1.48. The normalized spacial score (nSPS) is 22.8. The van der Waals surface area contributed by atoms with Crippen LogP contribution in [0.3, 0.4) is 0 Å². The molecule has 35 heavy (non-hydrogen) atoms. The van der Waals surface area contributed by atoms with E-state index in [1.807, 2.05) is 20.8 Å². The molecular weight excluding hydrogens is 460 g/mol. The van der Waals surface area contributed by atoms with E-state index in [4.69, 9.17) is 4.74 Å². The second kappa shape index (κ2) is 13.9. The highest BCUT2D eigenvalue weighted by molar-refractivity contribution is 5.86. The van der Waals surface area contributed by atoms with Gasteiger partial charge in [-0.05, 0) is 50.4 Å². The molecule has 202 valence electrons. The number of halogens is 2. The van der Waals surface area contributed by atoms with Crippen LogP contribution >= 0.6 is 0 Å². The van der Waals surface area contributed by atoms with E-state index in [2.05, 4.69) is 16.0 Å². The number of alkyl halides is 2. The highest BCUT2D eigenvalue weighted by atomic mass is 19.3. The Morgan fingerprint density at radius 3 is 2.43 bits per heavy atom. The number of rotatable bonds is 13. The van der Waals surface area contributed by atoms with Crippen molar-refractivity contribution in [2.24, 2.45) is 17.8 Å². The second-order valence-electron chi connectivity index (χ2n) is 10.5. The Kier molecular flexibility index (Phi) is 11.7. The van der Waals surface area contributed by atoms with Gasteiger partial charge in [0.25, 0.3) is 0 Å². The van der Waals surface area contributed by atoms with Gasteiger partial charge in [0.2, 0.25) is 17.7 Å². The van der Waals surface area contributed by atoms with E-state index in [1.54, 1.807) is 0 Å². The monoisotopic (exact) mass is 503 g/mol. The van der Waals surface area contributed by atoms with Crippen LogP contribution in [0.5, 0.6) is 0 Å². The van der Waals surface area contributed by atoms with E-state index in [0.717, 1.165) is 12.8 Å². The third kappa shape index (κ3) is 9.89. The summed E-state index contributed by atoms with van der Waals surface area (Å²) in [6.07, 6.45) is 2.62. The lowest BCUT2D eigenvalue weighted by Crippen LogP contribution is -2.52. The lowest BCUT2D eigenvalue weighted by atomic mass is 9.81. The molecule has 0 aromatic carbocycles. The molecule has 0 aromatic heterocycles. The van der Waals surface area contributed by atoms with Gasteiger partial charge in [0.15, 0.2) is 0 Å². The number of aliphatic hydroxyl groups excluding tert-OH is 1. The van der Waals surface area contributed by atoms with Crippen molar-refractivity contribution in [1.82, 2.24) is 16.0 Å². The van der Waals surface area contributed by atoms with Gasteiger partial charge in [0.1, 0.15) is 12.1 Å². The Hall–Kier alpha value is -1.97. The first-order chi connectivity index (χ1) is 16.5. The maximum atomic E-state index is 13.6. The molecule has 2 rings (SSSR count). The number of hydrogen-bond acceptors (Lipinski definition) is 5. The van der Waals surface area contributed by atoms with Crippen molar-refractivity contribution in [3.8, 4) is 0 Å². The number of hydrogen-bond donors (Lipinski definition) is 4. The topological polar surface area (TPSA) is 117 Å². The molecule has 3 amide bonds. The van der Waals surface area contributed by atoms with Gasteiger partial charge in [-0.15, -0.1) is 0 Å². The SMILES string of the molecule is CCCCC(OC(=O)N[C@@H](CC(C)C)C(=O)N[C@H](CO)C[C@@H]1CCNC1=O)C1CCC(F)(F)CC1. The third-order valence-corrected chi connectivity index (χ3v) is 7.00. The third-order valence-electron chi connectivity index (χ3n) is 7.00. The van der Waals surface area contributed by atoms with E-state index in [-0.39, 0.29) is 43.1 Å². The highest BCUT2D eigenvalue weighted by Crippen LogP contribution is 2.39. The number of nitrogens with one attached hydrogen (secondary N) is 3. The second-order valence-corrected chi connectivity index (χ2v) is 10.5. The first-order valence-electron chi connectivity index (χ1n) is 13.1. The van der Waals surface area contributed by atoms with Crippen LogP contribution < -0.4 is 16.0 Å². The molecule has 1 unspecified atom stereocenters. The quantitative estimate of drug-likeness (QED) is 0.307. The molecule has 10 heteroatoms. The molecule has 1 saturated carbocycles. The molecule has 4 atom stereocenters. The molecule has 1 aliphatic carbocycles. The number of carbonyl (C=O) groups excluding carboxylic acids is 3. The van der Waals surface area contributed by atoms with E-state index in [9.17, 15) is 28.3 Å². The van der Waals surface area contributed by atoms with Crippen molar-refractivity contribution in [2.75, 3.05) is 13.2 Å². The minimum atomic E-state index is -2.66. The highest BCUT2D eigenvalue weighted by Gasteiger charge is 2.39. The van der Waals surface area contributed by atoms with Gasteiger partial charge in [-0.1, -0.05) is 33.6 Å². The molecule has 1 heterocycles. The maximum Gasteiger partial charge on any atom is 0.408 e. The fraction of sp³-hybridized carbons (Fsp3) is 0.880. The minimum absolute atomic E-state index is 0.0864. The zero-order chi connectivity index (χ0) is 26.0. The lowest BCUT2D eigenvalue weighted by Gasteiger charge is -2.34. The number of aliphatic hydroxyl groups is 1. The molecular formula is C25H43F2N3O5. The molecule has 1 saturated heterocycles. The van der Waals surface area contributed by atoms with Crippen molar-refractivity contribution in [2.45, 2.75) is 109 Å². The smallest absolute Gasteiger partial charge is 0.408 e. The summed E-state index contributed by atoms with van der Waals surface area (Å²) >= 11 is 0. The summed E-state index contributed by atoms with van der Waals surface area (Å²) < 4.78 is 32.9. The van der Waals surface area contributed by atoms with Crippen molar-refractivity contribution >= 4 is 17.9 Å². The van der Waals surface area contributed by atoms with Crippen LogP contribution in [0.2, 0.25) is 0 Å². The van der Waals surface area contributed by atoms with Crippen LogP contribution in [0.1, 0.15) is 85.0 Å². The minimum Gasteiger partial charge on any atom is -0.446 e. The predicted molar refractivity (Wildman–Crippen MR) is 128 cm³/mol. The molecule has 0 spiro atoms. The molecule has 8 nitrogen and oxygen atoms in total. The first kappa shape index (κ1) is 29.3. The van der Waals surface area contributed by atoms with Crippen molar-refractivity contribution in [3.63, 3.8) is 0 Å². The molecule has 0 bridgehead atoms. The predicted octanol–water partition coefficient (Wildman–Crippen LogP) is 3.51. The van der Waals surface area contributed by atoms with Gasteiger partial charge in [0, 0.05) is 25.3 Å². The summed E-state index contributed by atoms with van der Waals surface area (Å²) in [4.78, 5) is 37.6. The largest absolute Gasteiger partial charge is 0.446 e. The van der Waals surface area contributed by atoms with Gasteiger partial charge in [-0.25, -0.2) is 13.6 Å². The Bertz CT molecular complexity index is 697. The summed E-state index contributed by atoms with van der Waals surface area (Å²) in [5.74, 6) is -3.49. The Labute approximate surface area is 207 Å². The van der Waals surface area contributed by atoms with Crippen LogP contribution in [-0.2, 0) is 14.3 Å². The molecule has 2 aliphatic rings. The number of alkyl carbamates (subject to hydrolysis) is 1. The van der Waals surface area contributed by atoms with E-state index in [0.29, 0.717) is 45.1 Å². The Morgan fingerprint density at radius 2 is 1.89 bits per heavy atom. The summed E-state index contributed by atoms with van der Waals surface area (Å²) in [5.41, 5.74) is 0. The van der Waals surface area contributed by atoms with Crippen molar-refractivity contribution in [1.29, 1.82) is 0 Å². The van der Waals surface area contributed by atoms with Gasteiger partial charge < -0.3 is 25.8 Å². The number of carbonyl (C=O) groups is 3. The van der Waals surface area contributed by atoms with E-state index in [1.165, 1.54) is 0 Å². The molecule has 4 N–H and O–H groups in total. The van der Waals surface area contributed by atoms with Crippen LogP contribution in [-0.4, -0.2) is 60.3 Å². The Balaban J connectivity index is 1.98.